The number of hydrogen-bond donors (Lipinski definition) is 1. The number of rotatable bonds is 9. The van der Waals surface area contributed by atoms with Gasteiger partial charge in [-0.05, 0) is 42.2 Å². The van der Waals surface area contributed by atoms with Gasteiger partial charge in [0, 0.05) is 25.4 Å². The maximum Gasteiger partial charge on any atom is 0.255 e. The fourth-order valence-corrected chi connectivity index (χ4v) is 4.54. The lowest BCUT2D eigenvalue weighted by Crippen LogP contribution is -2.25. The molecule has 0 bridgehead atoms. The maximum atomic E-state index is 15.3. The number of benzene rings is 2. The van der Waals surface area contributed by atoms with Crippen molar-refractivity contribution in [3.63, 3.8) is 0 Å². The van der Waals surface area contributed by atoms with Crippen molar-refractivity contribution in [1.29, 1.82) is 0 Å². The molecule has 1 amide bonds. The molecule has 0 atom stereocenters. The van der Waals surface area contributed by atoms with Gasteiger partial charge in [0.15, 0.2) is 11.6 Å². The monoisotopic (exact) mass is 520 g/mol. The number of carbonyl (C=O) groups excluding carboxylic acids is 1. The highest BCUT2D eigenvalue weighted by atomic mass is 19.1. The largest absolute Gasteiger partial charge is 0.494 e. The zero-order valence-corrected chi connectivity index (χ0v) is 21.5. The molecule has 11 heteroatoms. The minimum Gasteiger partial charge on any atom is -0.494 e. The van der Waals surface area contributed by atoms with Gasteiger partial charge in [-0.1, -0.05) is 23.4 Å². The topological polar surface area (TPSA) is 105 Å². The Morgan fingerprint density at radius 1 is 1.18 bits per heavy atom. The van der Waals surface area contributed by atoms with Crippen LogP contribution in [0.5, 0.6) is 5.75 Å². The Kier molecular flexibility index (Phi) is 7.47. The number of aromatic nitrogens is 5. The minimum atomic E-state index is -0.580. The van der Waals surface area contributed by atoms with Crippen LogP contribution in [0.2, 0.25) is 0 Å². The van der Waals surface area contributed by atoms with Crippen LogP contribution < -0.4 is 10.1 Å². The molecular weight excluding hydrogens is 491 g/mol. The average molecular weight is 521 g/mol. The van der Waals surface area contributed by atoms with Crippen LogP contribution in [0.3, 0.4) is 0 Å². The maximum absolute atomic E-state index is 15.3. The molecule has 0 aliphatic carbocycles. The first-order valence-electron chi connectivity index (χ1n) is 12.2. The number of carbonyl (C=O) groups is 1. The number of amides is 1. The van der Waals surface area contributed by atoms with Gasteiger partial charge in [-0.25, -0.2) is 9.07 Å². The summed E-state index contributed by atoms with van der Waals surface area (Å²) in [6.07, 6.45) is 4.25. The molecule has 3 heterocycles. The Morgan fingerprint density at radius 2 is 2.05 bits per heavy atom. The summed E-state index contributed by atoms with van der Waals surface area (Å²) in [6.45, 7) is 3.70. The summed E-state index contributed by atoms with van der Waals surface area (Å²) in [5.41, 5.74) is 5.77. The molecule has 0 radical (unpaired) electrons. The molecule has 2 aromatic heterocycles. The van der Waals surface area contributed by atoms with E-state index in [1.165, 1.54) is 29.0 Å². The van der Waals surface area contributed by atoms with Crippen LogP contribution in [0, 0.1) is 12.7 Å². The average Bonchev–Trinajstić information content (AvgIpc) is 3.53. The van der Waals surface area contributed by atoms with Crippen LogP contribution in [-0.4, -0.2) is 51.5 Å². The number of hydrogen-bond acceptors (Lipinski definition) is 7. The third-order valence-corrected chi connectivity index (χ3v) is 6.44. The molecule has 0 fully saturated rings. The van der Waals surface area contributed by atoms with Gasteiger partial charge in [0.25, 0.3) is 5.91 Å². The van der Waals surface area contributed by atoms with E-state index in [0.29, 0.717) is 42.4 Å². The molecule has 5 rings (SSSR count). The molecule has 1 N–H and O–H groups in total. The Labute approximate surface area is 219 Å². The summed E-state index contributed by atoms with van der Waals surface area (Å²) in [5.74, 6) is -0.905. The van der Waals surface area contributed by atoms with E-state index >= 15 is 4.39 Å². The van der Waals surface area contributed by atoms with Crippen LogP contribution in [0.1, 0.15) is 44.0 Å². The van der Waals surface area contributed by atoms with Gasteiger partial charge in [0.1, 0.15) is 5.69 Å². The quantitative estimate of drug-likeness (QED) is 0.362. The Bertz CT molecular complexity index is 1460. The van der Waals surface area contributed by atoms with E-state index in [9.17, 15) is 4.79 Å². The standard InChI is InChI=1S/C27H29FN6O4/c1-17-12-34(32-30-17)24-6-7-25(37-3)26(28)21(24)11-29-27(35)22-14-33(31-23(22)16-36-2)13-18-4-5-20-15-38-9-8-19(20)10-18/h4-7,10,12,14H,8-9,11,13,15-16H2,1-3H3,(H,29,35). The van der Waals surface area contributed by atoms with Crippen molar-refractivity contribution in [3.8, 4) is 11.4 Å². The number of nitrogens with zero attached hydrogens (tertiary/aromatic N) is 5. The number of methoxy groups -OCH3 is 2. The lowest BCUT2D eigenvalue weighted by Gasteiger charge is -2.17. The van der Waals surface area contributed by atoms with Crippen LogP contribution >= 0.6 is 0 Å². The first-order valence-corrected chi connectivity index (χ1v) is 12.2. The highest BCUT2D eigenvalue weighted by molar-refractivity contribution is 5.95. The second-order valence-corrected chi connectivity index (χ2v) is 9.09. The summed E-state index contributed by atoms with van der Waals surface area (Å²) < 4.78 is 34.4. The van der Waals surface area contributed by atoms with Crippen molar-refractivity contribution < 1.29 is 23.4 Å². The van der Waals surface area contributed by atoms with Crippen molar-refractivity contribution >= 4 is 5.91 Å². The van der Waals surface area contributed by atoms with Crippen molar-refractivity contribution in [2.75, 3.05) is 20.8 Å². The molecule has 0 saturated carbocycles. The number of fused-ring (bicyclic) bond motifs is 1. The van der Waals surface area contributed by atoms with Gasteiger partial charge in [-0.2, -0.15) is 5.10 Å². The highest BCUT2D eigenvalue weighted by Gasteiger charge is 2.21. The Hall–Kier alpha value is -4.09. The molecule has 0 spiro atoms. The zero-order valence-electron chi connectivity index (χ0n) is 21.5. The van der Waals surface area contributed by atoms with Crippen molar-refractivity contribution in [3.05, 3.63) is 87.7 Å². The zero-order chi connectivity index (χ0) is 26.6. The predicted molar refractivity (Wildman–Crippen MR) is 136 cm³/mol. The van der Waals surface area contributed by atoms with Gasteiger partial charge in [-0.15, -0.1) is 5.10 Å². The third kappa shape index (κ3) is 5.29. The van der Waals surface area contributed by atoms with E-state index in [4.69, 9.17) is 14.2 Å². The van der Waals surface area contributed by atoms with E-state index in [1.54, 1.807) is 37.2 Å². The Morgan fingerprint density at radius 3 is 2.82 bits per heavy atom. The highest BCUT2D eigenvalue weighted by Crippen LogP contribution is 2.26. The smallest absolute Gasteiger partial charge is 0.255 e. The normalized spacial score (nSPS) is 12.8. The van der Waals surface area contributed by atoms with Crippen molar-refractivity contribution in [2.45, 2.75) is 39.6 Å². The summed E-state index contributed by atoms with van der Waals surface area (Å²) in [6, 6.07) is 9.48. The van der Waals surface area contributed by atoms with Crippen molar-refractivity contribution in [1.82, 2.24) is 30.1 Å². The second-order valence-electron chi connectivity index (χ2n) is 9.09. The lowest BCUT2D eigenvalue weighted by atomic mass is 10.0. The van der Waals surface area contributed by atoms with E-state index in [2.05, 4.69) is 32.9 Å². The molecule has 38 heavy (non-hydrogen) atoms. The van der Waals surface area contributed by atoms with Gasteiger partial charge in [0.2, 0.25) is 0 Å². The number of aryl methyl sites for hydroxylation is 1. The van der Waals surface area contributed by atoms with Crippen LogP contribution in [-0.2, 0) is 42.2 Å². The summed E-state index contributed by atoms with van der Waals surface area (Å²) >= 11 is 0. The van der Waals surface area contributed by atoms with Crippen molar-refractivity contribution in [2.24, 2.45) is 0 Å². The third-order valence-electron chi connectivity index (χ3n) is 6.44. The first-order chi connectivity index (χ1) is 18.5. The first kappa shape index (κ1) is 25.6. The molecule has 10 nitrogen and oxygen atoms in total. The second kappa shape index (κ2) is 11.1. The molecule has 1 aliphatic rings. The van der Waals surface area contributed by atoms with E-state index in [-0.39, 0.29) is 24.5 Å². The summed E-state index contributed by atoms with van der Waals surface area (Å²) in [4.78, 5) is 13.3. The van der Waals surface area contributed by atoms with Crippen LogP contribution in [0.4, 0.5) is 4.39 Å². The van der Waals surface area contributed by atoms with Gasteiger partial charge < -0.3 is 19.5 Å². The van der Waals surface area contributed by atoms with E-state index in [0.717, 1.165) is 12.0 Å². The van der Waals surface area contributed by atoms with E-state index in [1.807, 2.05) is 6.07 Å². The van der Waals surface area contributed by atoms with E-state index < -0.39 is 11.7 Å². The molecule has 0 unspecified atom stereocenters. The number of ether oxygens (including phenoxy) is 3. The SMILES string of the molecule is COCc1nn(Cc2ccc3c(c2)CCOC3)cc1C(=O)NCc1c(-n2cc(C)nn2)ccc(OC)c1F. The van der Waals surface area contributed by atoms with Gasteiger partial charge in [0.05, 0.1) is 56.6 Å². The molecule has 4 aromatic rings. The lowest BCUT2D eigenvalue weighted by molar-refractivity contribution is 0.0945. The molecule has 2 aromatic carbocycles. The van der Waals surface area contributed by atoms with Crippen LogP contribution in [0.25, 0.3) is 5.69 Å². The molecule has 1 aliphatic heterocycles. The minimum absolute atomic E-state index is 0.0688. The Balaban J connectivity index is 1.37. The molecule has 198 valence electrons. The summed E-state index contributed by atoms with van der Waals surface area (Å²) in [5, 5.41) is 15.4. The molecular formula is C27H29FN6O4. The van der Waals surface area contributed by atoms with Gasteiger partial charge in [-0.3, -0.25) is 9.48 Å². The number of halogens is 1. The summed E-state index contributed by atoms with van der Waals surface area (Å²) in [7, 11) is 2.94. The fraction of sp³-hybridized carbons (Fsp3) is 0.333. The van der Waals surface area contributed by atoms with Crippen LogP contribution in [0.15, 0.2) is 42.7 Å². The molecule has 0 saturated heterocycles. The number of nitrogens with one attached hydrogen (secondary N) is 1. The van der Waals surface area contributed by atoms with Gasteiger partial charge >= 0.3 is 0 Å². The fourth-order valence-electron chi connectivity index (χ4n) is 4.54. The predicted octanol–water partition coefficient (Wildman–Crippen LogP) is 3.12.